The largest absolute Gasteiger partial charge is 0.496 e. The Morgan fingerprint density at radius 3 is 2.58 bits per heavy atom. The van der Waals surface area contributed by atoms with E-state index >= 15 is 0 Å². The van der Waals surface area contributed by atoms with Crippen LogP contribution in [0.5, 0.6) is 5.75 Å². The van der Waals surface area contributed by atoms with Gasteiger partial charge in [-0.25, -0.2) is 0 Å². The van der Waals surface area contributed by atoms with E-state index in [2.05, 4.69) is 24.4 Å². The zero-order valence-corrected chi connectivity index (χ0v) is 12.1. The SMILES string of the molecule is COc1c(C)cc(C)cc1CCNC(CO)CCO. The number of nitrogens with one attached hydrogen (secondary N) is 1. The fourth-order valence-electron chi connectivity index (χ4n) is 2.34. The maximum absolute atomic E-state index is 9.15. The molecule has 4 heteroatoms. The maximum Gasteiger partial charge on any atom is 0.125 e. The number of benzene rings is 1. The molecule has 4 nitrogen and oxygen atoms in total. The predicted octanol–water partition coefficient (Wildman–Crippen LogP) is 1.19. The molecule has 0 aliphatic heterocycles. The Morgan fingerprint density at radius 1 is 1.26 bits per heavy atom. The highest BCUT2D eigenvalue weighted by atomic mass is 16.5. The second kappa shape index (κ2) is 8.15. The molecule has 0 aliphatic carbocycles. The minimum Gasteiger partial charge on any atom is -0.496 e. The van der Waals surface area contributed by atoms with E-state index in [1.54, 1.807) is 7.11 Å². The zero-order chi connectivity index (χ0) is 14.3. The Balaban J connectivity index is 2.62. The van der Waals surface area contributed by atoms with Crippen molar-refractivity contribution >= 4 is 0 Å². The average Bonchev–Trinajstić information content (AvgIpc) is 2.37. The molecule has 1 atom stereocenters. The molecule has 0 saturated carbocycles. The summed E-state index contributed by atoms with van der Waals surface area (Å²) in [5.74, 6) is 0.940. The Bertz CT molecular complexity index is 393. The van der Waals surface area contributed by atoms with Crippen molar-refractivity contribution in [2.45, 2.75) is 32.7 Å². The van der Waals surface area contributed by atoms with E-state index in [0.717, 1.165) is 24.3 Å². The Labute approximate surface area is 115 Å². The van der Waals surface area contributed by atoms with Crippen LogP contribution in [0.25, 0.3) is 0 Å². The fraction of sp³-hybridized carbons (Fsp3) is 0.600. The van der Waals surface area contributed by atoms with Gasteiger partial charge in [-0.1, -0.05) is 17.7 Å². The topological polar surface area (TPSA) is 61.7 Å². The van der Waals surface area contributed by atoms with Crippen LogP contribution < -0.4 is 10.1 Å². The third-order valence-electron chi connectivity index (χ3n) is 3.23. The van der Waals surface area contributed by atoms with Crippen molar-refractivity contribution in [2.24, 2.45) is 0 Å². The minimum absolute atomic E-state index is 0.0399. The summed E-state index contributed by atoms with van der Waals surface area (Å²) in [6.07, 6.45) is 1.41. The third-order valence-corrected chi connectivity index (χ3v) is 3.23. The first-order chi connectivity index (χ1) is 9.12. The number of rotatable bonds is 8. The normalized spacial score (nSPS) is 12.5. The third kappa shape index (κ3) is 4.82. The molecule has 1 aromatic carbocycles. The number of aliphatic hydroxyl groups excluding tert-OH is 2. The number of hydrogen-bond donors (Lipinski definition) is 3. The second-order valence-electron chi connectivity index (χ2n) is 4.87. The lowest BCUT2D eigenvalue weighted by Crippen LogP contribution is -2.34. The van der Waals surface area contributed by atoms with E-state index in [1.807, 2.05) is 6.92 Å². The molecule has 0 aliphatic rings. The summed E-state index contributed by atoms with van der Waals surface area (Å²) >= 11 is 0. The molecular formula is C15H25NO3. The molecule has 0 saturated heterocycles. The number of methoxy groups -OCH3 is 1. The summed E-state index contributed by atoms with van der Waals surface area (Å²) in [5.41, 5.74) is 3.54. The molecule has 0 fully saturated rings. The molecule has 0 aromatic heterocycles. The van der Waals surface area contributed by atoms with Crippen LogP contribution in [0.15, 0.2) is 12.1 Å². The lowest BCUT2D eigenvalue weighted by molar-refractivity contribution is 0.201. The highest BCUT2D eigenvalue weighted by molar-refractivity contribution is 5.43. The maximum atomic E-state index is 9.15. The average molecular weight is 267 g/mol. The van der Waals surface area contributed by atoms with E-state index in [-0.39, 0.29) is 19.3 Å². The summed E-state index contributed by atoms with van der Waals surface area (Å²) in [7, 11) is 1.69. The number of aliphatic hydroxyl groups is 2. The lowest BCUT2D eigenvalue weighted by Gasteiger charge is -2.17. The molecule has 3 N–H and O–H groups in total. The van der Waals surface area contributed by atoms with E-state index in [1.165, 1.54) is 11.1 Å². The highest BCUT2D eigenvalue weighted by Crippen LogP contribution is 2.25. The van der Waals surface area contributed by atoms with Crippen LogP contribution in [-0.2, 0) is 6.42 Å². The summed E-state index contributed by atoms with van der Waals surface area (Å²) in [6.45, 7) is 5.01. The van der Waals surface area contributed by atoms with Crippen molar-refractivity contribution in [3.05, 3.63) is 28.8 Å². The summed E-state index contributed by atoms with van der Waals surface area (Å²) in [6, 6.07) is 4.20. The quantitative estimate of drug-likeness (QED) is 0.662. The van der Waals surface area contributed by atoms with Gasteiger partial charge in [0.1, 0.15) is 5.75 Å². The molecular weight excluding hydrogens is 242 g/mol. The van der Waals surface area contributed by atoms with Gasteiger partial charge >= 0.3 is 0 Å². The fourth-order valence-corrected chi connectivity index (χ4v) is 2.34. The van der Waals surface area contributed by atoms with Gasteiger partial charge in [-0.3, -0.25) is 0 Å². The highest BCUT2D eigenvalue weighted by Gasteiger charge is 2.09. The van der Waals surface area contributed by atoms with Crippen LogP contribution in [0.4, 0.5) is 0 Å². The number of aryl methyl sites for hydroxylation is 2. The molecule has 1 aromatic rings. The van der Waals surface area contributed by atoms with Gasteiger partial charge in [-0.15, -0.1) is 0 Å². The molecule has 1 unspecified atom stereocenters. The van der Waals surface area contributed by atoms with Crippen molar-refractivity contribution in [1.29, 1.82) is 0 Å². The van der Waals surface area contributed by atoms with Gasteiger partial charge in [-0.2, -0.15) is 0 Å². The van der Waals surface area contributed by atoms with Crippen LogP contribution >= 0.6 is 0 Å². The first kappa shape index (κ1) is 16.0. The first-order valence-electron chi connectivity index (χ1n) is 6.71. The van der Waals surface area contributed by atoms with Crippen molar-refractivity contribution in [1.82, 2.24) is 5.32 Å². The molecule has 0 heterocycles. The summed E-state index contributed by atoms with van der Waals surface area (Å²) in [4.78, 5) is 0. The van der Waals surface area contributed by atoms with Crippen LogP contribution in [0, 0.1) is 13.8 Å². The van der Waals surface area contributed by atoms with Gasteiger partial charge in [0.05, 0.1) is 13.7 Å². The zero-order valence-electron chi connectivity index (χ0n) is 12.1. The number of hydrogen-bond acceptors (Lipinski definition) is 4. The second-order valence-corrected chi connectivity index (χ2v) is 4.87. The molecule has 0 amide bonds. The standard InChI is InChI=1S/C15H25NO3/c1-11-8-12(2)15(19-3)13(9-11)4-6-16-14(10-18)5-7-17/h8-9,14,16-18H,4-7,10H2,1-3H3. The van der Waals surface area contributed by atoms with Gasteiger partial charge in [0, 0.05) is 12.6 Å². The number of ether oxygens (including phenoxy) is 1. The molecule has 19 heavy (non-hydrogen) atoms. The molecule has 108 valence electrons. The van der Waals surface area contributed by atoms with E-state index in [0.29, 0.717) is 6.42 Å². The van der Waals surface area contributed by atoms with Gasteiger partial charge < -0.3 is 20.3 Å². The molecule has 0 radical (unpaired) electrons. The van der Waals surface area contributed by atoms with Crippen LogP contribution in [0.3, 0.4) is 0 Å². The Hall–Kier alpha value is -1.10. The van der Waals surface area contributed by atoms with Crippen LogP contribution in [0.2, 0.25) is 0 Å². The predicted molar refractivity (Wildman–Crippen MR) is 76.8 cm³/mol. The van der Waals surface area contributed by atoms with Crippen molar-refractivity contribution in [3.63, 3.8) is 0 Å². The van der Waals surface area contributed by atoms with Gasteiger partial charge in [0.2, 0.25) is 0 Å². The van der Waals surface area contributed by atoms with Crippen LogP contribution in [0.1, 0.15) is 23.1 Å². The van der Waals surface area contributed by atoms with Gasteiger partial charge in [-0.05, 0) is 44.4 Å². The van der Waals surface area contributed by atoms with Crippen molar-refractivity contribution in [3.8, 4) is 5.75 Å². The first-order valence-corrected chi connectivity index (χ1v) is 6.71. The summed E-state index contributed by atoms with van der Waals surface area (Å²) in [5, 5.41) is 21.3. The van der Waals surface area contributed by atoms with E-state index < -0.39 is 0 Å². The van der Waals surface area contributed by atoms with Crippen LogP contribution in [-0.4, -0.2) is 43.1 Å². The smallest absolute Gasteiger partial charge is 0.125 e. The van der Waals surface area contributed by atoms with Gasteiger partial charge in [0.15, 0.2) is 0 Å². The van der Waals surface area contributed by atoms with Gasteiger partial charge in [0.25, 0.3) is 0 Å². The monoisotopic (exact) mass is 267 g/mol. The van der Waals surface area contributed by atoms with Crippen molar-refractivity contribution < 1.29 is 14.9 Å². The summed E-state index contributed by atoms with van der Waals surface area (Å²) < 4.78 is 5.45. The lowest BCUT2D eigenvalue weighted by atomic mass is 10.0. The molecule has 0 spiro atoms. The van der Waals surface area contributed by atoms with Crippen molar-refractivity contribution in [2.75, 3.05) is 26.9 Å². The Morgan fingerprint density at radius 2 is 2.00 bits per heavy atom. The van der Waals surface area contributed by atoms with E-state index in [9.17, 15) is 0 Å². The molecule has 0 bridgehead atoms. The molecule has 1 rings (SSSR count). The van der Waals surface area contributed by atoms with E-state index in [4.69, 9.17) is 14.9 Å². The minimum atomic E-state index is -0.0399. The Kier molecular flexibility index (Phi) is 6.84.